The second kappa shape index (κ2) is 10.2. The number of rotatable bonds is 8. The number of aryl methyl sites for hydroxylation is 1. The lowest BCUT2D eigenvalue weighted by molar-refractivity contribution is -0.122. The predicted octanol–water partition coefficient (Wildman–Crippen LogP) is 5.37. The predicted molar refractivity (Wildman–Crippen MR) is 121 cm³/mol. The number of hydrogen-bond donors (Lipinski definition) is 1. The fraction of sp³-hybridized carbons (Fsp3) is 0.227. The highest BCUT2D eigenvalue weighted by Crippen LogP contribution is 2.26. The third kappa shape index (κ3) is 6.17. The molecule has 0 fully saturated rings. The highest BCUT2D eigenvalue weighted by molar-refractivity contribution is 8.01. The van der Waals surface area contributed by atoms with Crippen LogP contribution in [0.4, 0.5) is 5.13 Å². The van der Waals surface area contributed by atoms with E-state index in [-0.39, 0.29) is 5.91 Å². The molecule has 0 aliphatic rings. The van der Waals surface area contributed by atoms with Crippen LogP contribution in [-0.2, 0) is 4.79 Å². The van der Waals surface area contributed by atoms with E-state index in [0.29, 0.717) is 10.9 Å². The summed E-state index contributed by atoms with van der Waals surface area (Å²) in [5.41, 5.74) is 3.32. The number of hydrogen-bond acceptors (Lipinski definition) is 6. The first kappa shape index (κ1) is 21.1. The van der Waals surface area contributed by atoms with Crippen LogP contribution in [0.2, 0.25) is 0 Å². The van der Waals surface area contributed by atoms with Crippen molar-refractivity contribution in [3.8, 4) is 5.75 Å². The minimum absolute atomic E-state index is 0.248. The maximum atomic E-state index is 12.4. The van der Waals surface area contributed by atoms with Crippen LogP contribution < -0.4 is 10.1 Å². The first-order chi connectivity index (χ1) is 14.0. The van der Waals surface area contributed by atoms with Gasteiger partial charge in [0.05, 0.1) is 0 Å². The SMILES string of the molecule is Cc1cccc(O[C@@H](C)C(=O)Nc2nnc(SC/C=C/c3ccccc3)s2)c1C. The number of nitrogens with zero attached hydrogens (tertiary/aromatic N) is 2. The monoisotopic (exact) mass is 425 g/mol. The second-order valence-corrected chi connectivity index (χ2v) is 8.69. The average molecular weight is 426 g/mol. The fourth-order valence-electron chi connectivity index (χ4n) is 2.49. The Labute approximate surface area is 179 Å². The Hall–Kier alpha value is -2.64. The van der Waals surface area contributed by atoms with E-state index in [4.69, 9.17) is 4.74 Å². The zero-order chi connectivity index (χ0) is 20.6. The summed E-state index contributed by atoms with van der Waals surface area (Å²) in [6.07, 6.45) is 3.52. The molecule has 2 aromatic carbocycles. The van der Waals surface area contributed by atoms with Gasteiger partial charge in [-0.05, 0) is 43.5 Å². The van der Waals surface area contributed by atoms with E-state index >= 15 is 0 Å². The van der Waals surface area contributed by atoms with Crippen molar-refractivity contribution >= 4 is 40.2 Å². The molecule has 1 N–H and O–H groups in total. The lowest BCUT2D eigenvalue weighted by Crippen LogP contribution is -2.30. The Kier molecular flexibility index (Phi) is 7.43. The molecule has 0 aliphatic heterocycles. The summed E-state index contributed by atoms with van der Waals surface area (Å²) in [6.45, 7) is 5.72. The molecule has 0 bridgehead atoms. The lowest BCUT2D eigenvalue weighted by atomic mass is 10.1. The number of nitrogens with one attached hydrogen (secondary N) is 1. The Morgan fingerprint density at radius 3 is 2.76 bits per heavy atom. The van der Waals surface area contributed by atoms with Crippen LogP contribution in [-0.4, -0.2) is 28.0 Å². The Balaban J connectivity index is 1.49. The Morgan fingerprint density at radius 2 is 1.97 bits per heavy atom. The van der Waals surface area contributed by atoms with E-state index in [1.165, 1.54) is 11.3 Å². The molecule has 3 rings (SSSR count). The maximum Gasteiger partial charge on any atom is 0.266 e. The normalized spacial score (nSPS) is 12.1. The first-order valence-electron chi connectivity index (χ1n) is 9.24. The van der Waals surface area contributed by atoms with Crippen LogP contribution in [0, 0.1) is 13.8 Å². The van der Waals surface area contributed by atoms with Gasteiger partial charge in [-0.3, -0.25) is 10.1 Å². The second-order valence-electron chi connectivity index (χ2n) is 6.44. The Morgan fingerprint density at radius 1 is 1.17 bits per heavy atom. The van der Waals surface area contributed by atoms with Gasteiger partial charge in [0, 0.05) is 5.75 Å². The van der Waals surface area contributed by atoms with Gasteiger partial charge in [0.15, 0.2) is 10.4 Å². The van der Waals surface area contributed by atoms with Crippen molar-refractivity contribution in [1.29, 1.82) is 0 Å². The molecule has 1 heterocycles. The van der Waals surface area contributed by atoms with Gasteiger partial charge in [-0.2, -0.15) is 0 Å². The molecule has 1 atom stereocenters. The summed E-state index contributed by atoms with van der Waals surface area (Å²) in [7, 11) is 0. The molecule has 0 saturated heterocycles. The van der Waals surface area contributed by atoms with Gasteiger partial charge in [-0.25, -0.2) is 0 Å². The van der Waals surface area contributed by atoms with Crippen molar-refractivity contribution in [2.45, 2.75) is 31.2 Å². The molecule has 0 spiro atoms. The molecule has 0 saturated carbocycles. The van der Waals surface area contributed by atoms with Crippen molar-refractivity contribution < 1.29 is 9.53 Å². The number of thioether (sulfide) groups is 1. The molecule has 7 heteroatoms. The van der Waals surface area contributed by atoms with E-state index in [9.17, 15) is 4.79 Å². The smallest absolute Gasteiger partial charge is 0.266 e. The molecule has 5 nitrogen and oxygen atoms in total. The fourth-order valence-corrected chi connectivity index (χ4v) is 4.08. The minimum Gasteiger partial charge on any atom is -0.481 e. The van der Waals surface area contributed by atoms with E-state index in [2.05, 4.69) is 39.8 Å². The molecule has 1 amide bonds. The molecular formula is C22H23N3O2S2. The highest BCUT2D eigenvalue weighted by Gasteiger charge is 2.18. The number of ether oxygens (including phenoxy) is 1. The number of carbonyl (C=O) groups excluding carboxylic acids is 1. The average Bonchev–Trinajstić information content (AvgIpc) is 3.16. The molecule has 0 radical (unpaired) electrons. The minimum atomic E-state index is -0.635. The maximum absolute atomic E-state index is 12.4. The van der Waals surface area contributed by atoms with E-state index in [0.717, 1.165) is 26.8 Å². The van der Waals surface area contributed by atoms with Crippen molar-refractivity contribution in [3.63, 3.8) is 0 Å². The molecule has 0 unspecified atom stereocenters. The molecule has 150 valence electrons. The molecular weight excluding hydrogens is 402 g/mol. The van der Waals surface area contributed by atoms with Crippen LogP contribution in [0.1, 0.15) is 23.6 Å². The van der Waals surface area contributed by atoms with E-state index in [1.807, 2.05) is 50.2 Å². The van der Waals surface area contributed by atoms with Gasteiger partial charge in [-0.1, -0.05) is 77.7 Å². The first-order valence-corrected chi connectivity index (χ1v) is 11.0. The van der Waals surface area contributed by atoms with Gasteiger partial charge in [-0.15, -0.1) is 10.2 Å². The van der Waals surface area contributed by atoms with Gasteiger partial charge >= 0.3 is 0 Å². The van der Waals surface area contributed by atoms with Crippen LogP contribution in [0.3, 0.4) is 0 Å². The highest BCUT2D eigenvalue weighted by atomic mass is 32.2. The third-order valence-electron chi connectivity index (χ3n) is 4.28. The van der Waals surface area contributed by atoms with Gasteiger partial charge in [0.25, 0.3) is 5.91 Å². The van der Waals surface area contributed by atoms with Crippen LogP contribution in [0.15, 0.2) is 58.9 Å². The molecule has 0 aliphatic carbocycles. The summed E-state index contributed by atoms with van der Waals surface area (Å²) in [5.74, 6) is 1.25. The summed E-state index contributed by atoms with van der Waals surface area (Å²) in [6, 6.07) is 15.9. The lowest BCUT2D eigenvalue weighted by Gasteiger charge is -2.16. The number of benzene rings is 2. The van der Waals surface area contributed by atoms with Gasteiger partial charge in [0.1, 0.15) is 5.75 Å². The van der Waals surface area contributed by atoms with Crippen molar-refractivity contribution in [3.05, 3.63) is 71.3 Å². The van der Waals surface area contributed by atoms with Crippen molar-refractivity contribution in [2.24, 2.45) is 0 Å². The van der Waals surface area contributed by atoms with E-state index < -0.39 is 6.10 Å². The molecule has 3 aromatic rings. The molecule has 1 aromatic heterocycles. The summed E-state index contributed by atoms with van der Waals surface area (Å²) >= 11 is 2.93. The number of anilines is 1. The molecule has 29 heavy (non-hydrogen) atoms. The van der Waals surface area contributed by atoms with Crippen LogP contribution >= 0.6 is 23.1 Å². The standard InChI is InChI=1S/C22H23N3O2S2/c1-15-9-7-13-19(16(15)2)27-17(3)20(26)23-21-24-25-22(29-21)28-14-8-12-18-10-5-4-6-11-18/h4-13,17H,14H2,1-3H3,(H,23,24,26)/b12-8+/t17-/m0/s1. The van der Waals surface area contributed by atoms with Crippen molar-refractivity contribution in [2.75, 3.05) is 11.1 Å². The summed E-state index contributed by atoms with van der Waals surface area (Å²) in [5, 5.41) is 11.4. The topological polar surface area (TPSA) is 64.1 Å². The zero-order valence-corrected chi connectivity index (χ0v) is 18.2. The number of carbonyl (C=O) groups is 1. The van der Waals surface area contributed by atoms with Gasteiger partial charge in [0.2, 0.25) is 5.13 Å². The zero-order valence-electron chi connectivity index (χ0n) is 16.6. The summed E-state index contributed by atoms with van der Waals surface area (Å²) < 4.78 is 6.62. The number of amides is 1. The van der Waals surface area contributed by atoms with Crippen LogP contribution in [0.5, 0.6) is 5.75 Å². The van der Waals surface area contributed by atoms with Crippen molar-refractivity contribution in [1.82, 2.24) is 10.2 Å². The largest absolute Gasteiger partial charge is 0.481 e. The quantitative estimate of drug-likeness (QED) is 0.388. The Bertz CT molecular complexity index is 987. The van der Waals surface area contributed by atoms with Crippen LogP contribution in [0.25, 0.3) is 6.08 Å². The summed E-state index contributed by atoms with van der Waals surface area (Å²) in [4.78, 5) is 12.4. The number of aromatic nitrogens is 2. The van der Waals surface area contributed by atoms with Gasteiger partial charge < -0.3 is 4.74 Å². The third-order valence-corrected chi connectivity index (χ3v) is 6.20. The van der Waals surface area contributed by atoms with E-state index in [1.54, 1.807) is 18.7 Å².